The van der Waals surface area contributed by atoms with Crippen molar-refractivity contribution in [2.75, 3.05) is 6.54 Å². The van der Waals surface area contributed by atoms with Gasteiger partial charge >= 0.3 is 12.1 Å². The summed E-state index contributed by atoms with van der Waals surface area (Å²) in [6, 6.07) is 3.82. The third-order valence-electron chi connectivity index (χ3n) is 2.76. The minimum absolute atomic E-state index is 0.0981. The number of alkyl halides is 3. The molecule has 0 spiro atoms. The molecule has 1 amide bonds. The number of amides is 1. The maximum atomic E-state index is 12.3. The molecule has 0 aromatic heterocycles. The summed E-state index contributed by atoms with van der Waals surface area (Å²) in [7, 11) is 0. The number of carboxylic acid groups (broad SMARTS) is 1. The second-order valence-corrected chi connectivity index (χ2v) is 4.36. The summed E-state index contributed by atoms with van der Waals surface area (Å²) in [6.45, 7) is 1.65. The van der Waals surface area contributed by atoms with Crippen LogP contribution in [0, 0.1) is 5.92 Å². The fourth-order valence-electron chi connectivity index (χ4n) is 1.44. The fourth-order valence-corrected chi connectivity index (χ4v) is 1.44. The van der Waals surface area contributed by atoms with Gasteiger partial charge in [0.15, 0.2) is 0 Å². The van der Waals surface area contributed by atoms with Gasteiger partial charge in [-0.15, -0.1) is 0 Å². The van der Waals surface area contributed by atoms with Gasteiger partial charge in [0.25, 0.3) is 5.91 Å². The highest BCUT2D eigenvalue weighted by molar-refractivity contribution is 5.94. The van der Waals surface area contributed by atoms with Gasteiger partial charge in [-0.25, -0.2) is 0 Å². The minimum Gasteiger partial charge on any atom is -0.481 e. The quantitative estimate of drug-likeness (QED) is 0.875. The van der Waals surface area contributed by atoms with Gasteiger partial charge in [0.2, 0.25) is 0 Å². The first-order valence-electron chi connectivity index (χ1n) is 5.90. The van der Waals surface area contributed by atoms with Crippen LogP contribution in [-0.4, -0.2) is 23.5 Å². The van der Waals surface area contributed by atoms with Crippen LogP contribution in [0.25, 0.3) is 0 Å². The van der Waals surface area contributed by atoms with Crippen LogP contribution >= 0.6 is 0 Å². The van der Waals surface area contributed by atoms with E-state index in [9.17, 15) is 22.8 Å². The molecule has 0 fully saturated rings. The van der Waals surface area contributed by atoms with Crippen LogP contribution in [0.2, 0.25) is 0 Å². The van der Waals surface area contributed by atoms with Gasteiger partial charge in [0.1, 0.15) is 0 Å². The van der Waals surface area contributed by atoms with Crippen molar-refractivity contribution in [3.8, 4) is 0 Å². The summed E-state index contributed by atoms with van der Waals surface area (Å²) >= 11 is 0. The Bertz CT molecular complexity index is 483. The third-order valence-corrected chi connectivity index (χ3v) is 2.76. The van der Waals surface area contributed by atoms with Crippen LogP contribution in [0.3, 0.4) is 0 Å². The first-order chi connectivity index (χ1) is 9.21. The zero-order valence-corrected chi connectivity index (χ0v) is 10.7. The monoisotopic (exact) mass is 289 g/mol. The van der Waals surface area contributed by atoms with E-state index in [2.05, 4.69) is 5.32 Å². The molecule has 1 rings (SSSR count). The summed E-state index contributed by atoms with van der Waals surface area (Å²) in [5.74, 6) is -2.09. The van der Waals surface area contributed by atoms with Crippen molar-refractivity contribution in [1.29, 1.82) is 0 Å². The molecule has 7 heteroatoms. The van der Waals surface area contributed by atoms with E-state index >= 15 is 0 Å². The molecule has 2 N–H and O–H groups in total. The molecule has 0 aliphatic heterocycles. The molecule has 1 aromatic carbocycles. The maximum absolute atomic E-state index is 12.3. The van der Waals surface area contributed by atoms with Gasteiger partial charge in [0, 0.05) is 12.1 Å². The normalized spacial score (nSPS) is 12.8. The molecule has 110 valence electrons. The Labute approximate surface area is 113 Å². The van der Waals surface area contributed by atoms with Gasteiger partial charge in [-0.1, -0.05) is 6.92 Å². The first-order valence-corrected chi connectivity index (χ1v) is 5.90. The van der Waals surface area contributed by atoms with Gasteiger partial charge in [-0.3, -0.25) is 9.59 Å². The van der Waals surface area contributed by atoms with E-state index in [1.165, 1.54) is 6.92 Å². The predicted octanol–water partition coefficient (Wildman–Crippen LogP) is 2.55. The number of carbonyl (C=O) groups excluding carboxylic acids is 1. The van der Waals surface area contributed by atoms with E-state index in [0.717, 1.165) is 24.3 Å². The molecule has 0 bridgehead atoms. The van der Waals surface area contributed by atoms with Gasteiger partial charge in [0.05, 0.1) is 11.5 Å². The van der Waals surface area contributed by atoms with Crippen molar-refractivity contribution >= 4 is 11.9 Å². The van der Waals surface area contributed by atoms with Crippen molar-refractivity contribution in [3.63, 3.8) is 0 Å². The van der Waals surface area contributed by atoms with Crippen molar-refractivity contribution in [2.45, 2.75) is 19.5 Å². The Morgan fingerprint density at radius 3 is 2.25 bits per heavy atom. The zero-order chi connectivity index (χ0) is 15.3. The van der Waals surface area contributed by atoms with Gasteiger partial charge < -0.3 is 10.4 Å². The lowest BCUT2D eigenvalue weighted by molar-refractivity contribution is -0.141. The van der Waals surface area contributed by atoms with Crippen LogP contribution in [-0.2, 0) is 11.0 Å². The third kappa shape index (κ3) is 4.56. The van der Waals surface area contributed by atoms with Crippen LogP contribution < -0.4 is 5.32 Å². The molecule has 0 radical (unpaired) electrons. The number of nitrogens with one attached hydrogen (secondary N) is 1. The molecule has 20 heavy (non-hydrogen) atoms. The van der Waals surface area contributed by atoms with E-state index in [4.69, 9.17) is 5.11 Å². The molecule has 1 atom stereocenters. The molecule has 0 saturated carbocycles. The SMILES string of the molecule is CC(CCNC(=O)c1ccc(C(F)(F)F)cc1)C(=O)O. The predicted molar refractivity (Wildman–Crippen MR) is 65.2 cm³/mol. The Morgan fingerprint density at radius 1 is 1.25 bits per heavy atom. The van der Waals surface area contributed by atoms with Crippen molar-refractivity contribution < 1.29 is 27.9 Å². The number of aliphatic carboxylic acids is 1. The van der Waals surface area contributed by atoms with Crippen molar-refractivity contribution in [1.82, 2.24) is 5.32 Å². The number of benzene rings is 1. The number of rotatable bonds is 5. The number of carboxylic acids is 1. The highest BCUT2D eigenvalue weighted by atomic mass is 19.4. The lowest BCUT2D eigenvalue weighted by Crippen LogP contribution is -2.27. The average Bonchev–Trinajstić information content (AvgIpc) is 2.37. The van der Waals surface area contributed by atoms with E-state index in [-0.39, 0.29) is 18.5 Å². The number of hydrogen-bond acceptors (Lipinski definition) is 2. The van der Waals surface area contributed by atoms with Gasteiger partial charge in [-0.05, 0) is 30.7 Å². The smallest absolute Gasteiger partial charge is 0.416 e. The Balaban J connectivity index is 2.54. The maximum Gasteiger partial charge on any atom is 0.416 e. The Morgan fingerprint density at radius 2 is 1.80 bits per heavy atom. The van der Waals surface area contributed by atoms with Crippen LogP contribution in [0.4, 0.5) is 13.2 Å². The van der Waals surface area contributed by atoms with Crippen LogP contribution in [0.15, 0.2) is 24.3 Å². The molecule has 0 aliphatic carbocycles. The molecule has 0 aliphatic rings. The van der Waals surface area contributed by atoms with Crippen molar-refractivity contribution in [3.05, 3.63) is 35.4 Å². The number of hydrogen-bond donors (Lipinski definition) is 2. The lowest BCUT2D eigenvalue weighted by atomic mass is 10.1. The first kappa shape index (κ1) is 16.0. The summed E-state index contributed by atoms with van der Waals surface area (Å²) in [6.07, 6.45) is -4.19. The summed E-state index contributed by atoms with van der Waals surface area (Å²) in [4.78, 5) is 22.2. The summed E-state index contributed by atoms with van der Waals surface area (Å²) < 4.78 is 37.0. The summed E-state index contributed by atoms with van der Waals surface area (Å²) in [5, 5.41) is 11.1. The summed E-state index contributed by atoms with van der Waals surface area (Å²) in [5.41, 5.74) is -0.727. The largest absolute Gasteiger partial charge is 0.481 e. The standard InChI is InChI=1S/C13H14F3NO3/c1-8(12(19)20)6-7-17-11(18)9-2-4-10(5-3-9)13(14,15)16/h2-5,8H,6-7H2,1H3,(H,17,18)(H,19,20). The molecular formula is C13H14F3NO3. The van der Waals surface area contributed by atoms with E-state index < -0.39 is 29.5 Å². The van der Waals surface area contributed by atoms with Crippen LogP contribution in [0.5, 0.6) is 0 Å². The fraction of sp³-hybridized carbons (Fsp3) is 0.385. The molecule has 0 saturated heterocycles. The molecule has 4 nitrogen and oxygen atoms in total. The Kier molecular flexibility index (Phi) is 5.12. The number of halogens is 3. The topological polar surface area (TPSA) is 66.4 Å². The van der Waals surface area contributed by atoms with E-state index in [1.54, 1.807) is 0 Å². The highest BCUT2D eigenvalue weighted by Gasteiger charge is 2.30. The average molecular weight is 289 g/mol. The lowest BCUT2D eigenvalue weighted by Gasteiger charge is -2.09. The zero-order valence-electron chi connectivity index (χ0n) is 10.7. The second-order valence-electron chi connectivity index (χ2n) is 4.36. The van der Waals surface area contributed by atoms with Crippen LogP contribution in [0.1, 0.15) is 29.3 Å². The van der Waals surface area contributed by atoms with E-state index in [0.29, 0.717) is 0 Å². The minimum atomic E-state index is -4.44. The molecule has 1 unspecified atom stereocenters. The van der Waals surface area contributed by atoms with Gasteiger partial charge in [-0.2, -0.15) is 13.2 Å². The second kappa shape index (κ2) is 6.40. The van der Waals surface area contributed by atoms with E-state index in [1.807, 2.05) is 0 Å². The molecular weight excluding hydrogens is 275 g/mol. The number of carbonyl (C=O) groups is 2. The molecule has 1 aromatic rings. The molecule has 0 heterocycles. The highest BCUT2D eigenvalue weighted by Crippen LogP contribution is 2.29. The Hall–Kier alpha value is -2.05. The van der Waals surface area contributed by atoms with Crippen molar-refractivity contribution in [2.24, 2.45) is 5.92 Å².